The summed E-state index contributed by atoms with van der Waals surface area (Å²) in [6, 6.07) is 8.26. The van der Waals surface area contributed by atoms with Gasteiger partial charge < -0.3 is 25.5 Å². The van der Waals surface area contributed by atoms with Crippen LogP contribution in [0.1, 0.15) is 26.0 Å². The van der Waals surface area contributed by atoms with Gasteiger partial charge in [-0.15, -0.1) is 0 Å². The molecule has 8 heteroatoms. The Morgan fingerprint density at radius 1 is 1.21 bits per heavy atom. The lowest BCUT2D eigenvalue weighted by atomic mass is 9.96. The number of aromatic nitrogens is 2. The van der Waals surface area contributed by atoms with Crippen molar-refractivity contribution in [2.75, 3.05) is 37.6 Å². The van der Waals surface area contributed by atoms with E-state index in [-0.39, 0.29) is 6.04 Å². The van der Waals surface area contributed by atoms with Crippen LogP contribution in [0.3, 0.4) is 0 Å². The van der Waals surface area contributed by atoms with Crippen LogP contribution in [0.25, 0.3) is 5.52 Å². The molecule has 8 nitrogen and oxygen atoms in total. The maximum atomic E-state index is 10.5. The molecule has 0 radical (unpaired) electrons. The van der Waals surface area contributed by atoms with Crippen LogP contribution in [0.15, 0.2) is 59.1 Å². The van der Waals surface area contributed by atoms with Gasteiger partial charge in [-0.2, -0.15) is 10.4 Å². The lowest BCUT2D eigenvalue weighted by molar-refractivity contribution is 0.0591. The van der Waals surface area contributed by atoms with Crippen LogP contribution in [0.2, 0.25) is 0 Å². The predicted molar refractivity (Wildman–Crippen MR) is 126 cm³/mol. The van der Waals surface area contributed by atoms with E-state index in [9.17, 15) is 10.4 Å². The van der Waals surface area contributed by atoms with Gasteiger partial charge in [-0.25, -0.2) is 4.52 Å². The van der Waals surface area contributed by atoms with Crippen molar-refractivity contribution in [3.8, 4) is 6.07 Å². The van der Waals surface area contributed by atoms with Gasteiger partial charge in [0.1, 0.15) is 11.8 Å². The summed E-state index contributed by atoms with van der Waals surface area (Å²) in [5.41, 5.74) is 13.3. The molecule has 2 aromatic rings. The van der Waals surface area contributed by atoms with Gasteiger partial charge in [0.15, 0.2) is 0 Å². The molecule has 4 aliphatic rings. The molecule has 0 saturated carbocycles. The summed E-state index contributed by atoms with van der Waals surface area (Å²) in [6.45, 7) is 8.06. The second kappa shape index (κ2) is 7.11. The summed E-state index contributed by atoms with van der Waals surface area (Å²) in [5.74, 6) is 0. The molecule has 5 heterocycles. The first kappa shape index (κ1) is 20.3. The van der Waals surface area contributed by atoms with Crippen LogP contribution in [-0.2, 0) is 0 Å². The van der Waals surface area contributed by atoms with E-state index in [1.54, 1.807) is 10.7 Å². The molecule has 2 aromatic heterocycles. The van der Waals surface area contributed by atoms with E-state index in [1.807, 2.05) is 19.1 Å². The van der Waals surface area contributed by atoms with Gasteiger partial charge in [-0.1, -0.05) is 6.08 Å². The Kier molecular flexibility index (Phi) is 4.38. The minimum Gasteiger partial charge on any atom is -0.387 e. The smallest absolute Gasteiger partial charge is 0.142 e. The zero-order chi connectivity index (χ0) is 22.9. The molecule has 3 N–H and O–H groups in total. The fraction of sp³-hybridized carbons (Fsp3) is 0.440. The fourth-order valence-corrected chi connectivity index (χ4v) is 5.79. The molecule has 0 aromatic carbocycles. The quantitative estimate of drug-likeness (QED) is 0.728. The normalized spacial score (nSPS) is 29.2. The van der Waals surface area contributed by atoms with Crippen molar-refractivity contribution in [3.05, 3.63) is 64.8 Å². The number of nitriles is 1. The number of β-amino-alcohol motifs (C(OH)–C–C–N with tert-alkyl or cyclic N) is 1. The number of piperazine rings is 1. The number of rotatable bonds is 2. The Morgan fingerprint density at radius 3 is 2.82 bits per heavy atom. The number of allylic oxidation sites excluding steroid dienone is 2. The highest BCUT2D eigenvalue weighted by molar-refractivity contribution is 5.75. The second-order valence-corrected chi connectivity index (χ2v) is 9.97. The number of likely N-dealkylation sites (tertiary alicyclic amines) is 1. The van der Waals surface area contributed by atoms with Crippen molar-refractivity contribution in [2.45, 2.75) is 38.0 Å². The number of hydrogen-bond acceptors (Lipinski definition) is 7. The minimum absolute atomic E-state index is 0.229. The summed E-state index contributed by atoms with van der Waals surface area (Å²) in [5, 5.41) is 24.3. The second-order valence-electron chi connectivity index (χ2n) is 9.97. The third-order valence-electron chi connectivity index (χ3n) is 7.70. The first-order valence-electron chi connectivity index (χ1n) is 11.6. The Bertz CT molecular complexity index is 1280. The SMILES string of the molecule is C[C@@H]1CN(c2ccc(C#N)n3nccc23)CC2=C3CC=C(N4C[C@H](N)[C@@](C)(O)C4)C=C3CN21. The summed E-state index contributed by atoms with van der Waals surface area (Å²) >= 11 is 0. The Balaban J connectivity index is 1.31. The maximum Gasteiger partial charge on any atom is 0.142 e. The Hall–Kier alpha value is -3.28. The largest absolute Gasteiger partial charge is 0.387 e. The van der Waals surface area contributed by atoms with E-state index in [0.29, 0.717) is 24.8 Å². The highest BCUT2D eigenvalue weighted by Crippen LogP contribution is 2.41. The first-order chi connectivity index (χ1) is 15.9. The topological polar surface area (TPSA) is 97.1 Å². The van der Waals surface area contributed by atoms with Crippen molar-refractivity contribution < 1.29 is 5.11 Å². The van der Waals surface area contributed by atoms with Crippen molar-refractivity contribution in [1.29, 1.82) is 5.26 Å². The number of pyridine rings is 1. The predicted octanol–water partition coefficient (Wildman–Crippen LogP) is 1.59. The number of hydrogen-bond donors (Lipinski definition) is 2. The summed E-state index contributed by atoms with van der Waals surface area (Å²) in [4.78, 5) is 7.18. The van der Waals surface area contributed by atoms with Gasteiger partial charge in [-0.05, 0) is 55.7 Å². The molecular weight excluding hydrogens is 414 g/mol. The number of anilines is 1. The van der Waals surface area contributed by atoms with Crippen molar-refractivity contribution in [2.24, 2.45) is 5.73 Å². The molecular formula is C25H29N7O. The highest BCUT2D eigenvalue weighted by atomic mass is 16.3. The monoisotopic (exact) mass is 443 g/mol. The third kappa shape index (κ3) is 3.07. The van der Waals surface area contributed by atoms with Gasteiger partial charge >= 0.3 is 0 Å². The zero-order valence-corrected chi connectivity index (χ0v) is 19.1. The Labute approximate surface area is 193 Å². The standard InChI is InChI=1S/C25H29N7O/c1-16-11-29(21-6-4-19(10-26)32-22(21)7-8-28-32)13-23-20-5-3-18(9-17(20)12-31(16)23)30-14-24(27)25(2,33)15-30/h3-4,6-9,16,24,33H,5,11-15,27H2,1-2H3/t16-,24+,25+/m1/s1. The molecule has 0 amide bonds. The van der Waals surface area contributed by atoms with Crippen LogP contribution in [-0.4, -0.2) is 74.9 Å². The first-order valence-corrected chi connectivity index (χ1v) is 11.6. The molecule has 2 saturated heterocycles. The molecule has 33 heavy (non-hydrogen) atoms. The van der Waals surface area contributed by atoms with Crippen molar-refractivity contribution >= 4 is 11.2 Å². The Morgan fingerprint density at radius 2 is 2.06 bits per heavy atom. The molecule has 6 rings (SSSR count). The number of nitrogens with two attached hydrogens (primary N) is 1. The van der Waals surface area contributed by atoms with Crippen LogP contribution < -0.4 is 10.6 Å². The lowest BCUT2D eigenvalue weighted by Gasteiger charge is -2.42. The maximum absolute atomic E-state index is 10.5. The van der Waals surface area contributed by atoms with Crippen molar-refractivity contribution in [1.82, 2.24) is 19.4 Å². The van der Waals surface area contributed by atoms with E-state index in [1.165, 1.54) is 22.5 Å². The van der Waals surface area contributed by atoms with Gasteiger partial charge in [0.2, 0.25) is 0 Å². The molecule has 0 spiro atoms. The average Bonchev–Trinajstić information content (AvgIpc) is 3.49. The molecule has 3 atom stereocenters. The van der Waals surface area contributed by atoms with E-state index < -0.39 is 5.60 Å². The molecule has 0 unspecified atom stereocenters. The minimum atomic E-state index is -0.847. The molecule has 2 fully saturated rings. The average molecular weight is 444 g/mol. The number of aliphatic hydroxyl groups is 1. The van der Waals surface area contributed by atoms with E-state index >= 15 is 0 Å². The van der Waals surface area contributed by atoms with Crippen LogP contribution >= 0.6 is 0 Å². The summed E-state index contributed by atoms with van der Waals surface area (Å²) in [6.07, 6.45) is 7.24. The van der Waals surface area contributed by atoms with Gasteiger partial charge in [0.05, 0.1) is 35.6 Å². The molecule has 170 valence electrons. The van der Waals surface area contributed by atoms with E-state index in [0.717, 1.165) is 37.3 Å². The molecule has 0 bridgehead atoms. The molecule has 1 aliphatic carbocycles. The molecule has 3 aliphatic heterocycles. The fourth-order valence-electron chi connectivity index (χ4n) is 5.79. The highest BCUT2D eigenvalue weighted by Gasteiger charge is 2.41. The number of fused-ring (bicyclic) bond motifs is 3. The van der Waals surface area contributed by atoms with Crippen LogP contribution in [0.5, 0.6) is 0 Å². The van der Waals surface area contributed by atoms with Gasteiger partial charge in [-0.3, -0.25) is 0 Å². The van der Waals surface area contributed by atoms with Crippen LogP contribution in [0.4, 0.5) is 5.69 Å². The van der Waals surface area contributed by atoms with Crippen LogP contribution in [0, 0.1) is 11.3 Å². The van der Waals surface area contributed by atoms with E-state index in [4.69, 9.17) is 5.73 Å². The summed E-state index contributed by atoms with van der Waals surface area (Å²) in [7, 11) is 0. The third-order valence-corrected chi connectivity index (χ3v) is 7.70. The lowest BCUT2D eigenvalue weighted by Crippen LogP contribution is -2.49. The summed E-state index contributed by atoms with van der Waals surface area (Å²) < 4.78 is 1.73. The van der Waals surface area contributed by atoms with Gasteiger partial charge in [0.25, 0.3) is 0 Å². The zero-order valence-electron chi connectivity index (χ0n) is 19.1. The van der Waals surface area contributed by atoms with Crippen molar-refractivity contribution in [3.63, 3.8) is 0 Å². The van der Waals surface area contributed by atoms with Gasteiger partial charge in [0, 0.05) is 43.6 Å². The van der Waals surface area contributed by atoms with E-state index in [2.05, 4.69) is 51.0 Å². The number of nitrogens with zero attached hydrogens (tertiary/aromatic N) is 6.